The van der Waals surface area contributed by atoms with E-state index in [1.54, 1.807) is 18.3 Å². The third kappa shape index (κ3) is 8.25. The third-order valence-corrected chi connectivity index (χ3v) is 4.27. The van der Waals surface area contributed by atoms with Crippen LogP contribution < -0.4 is 5.32 Å². The van der Waals surface area contributed by atoms with Gasteiger partial charge < -0.3 is 14.8 Å². The lowest BCUT2D eigenvalue weighted by molar-refractivity contribution is -0.116. The first-order valence-electron chi connectivity index (χ1n) is 8.58. The largest absolute Gasteiger partial charge is 0.444 e. The van der Waals surface area contributed by atoms with Crippen molar-refractivity contribution < 1.29 is 14.3 Å². The second-order valence-corrected chi connectivity index (χ2v) is 7.73. The quantitative estimate of drug-likeness (QED) is 0.803. The number of nitrogens with zero attached hydrogens (tertiary/aromatic N) is 1. The Labute approximate surface area is 159 Å². The molecule has 5 nitrogen and oxygen atoms in total. The number of carbonyl (C=O) groups is 2. The smallest absolute Gasteiger partial charge is 0.407 e. The van der Waals surface area contributed by atoms with Gasteiger partial charge in [0.2, 0.25) is 0 Å². The summed E-state index contributed by atoms with van der Waals surface area (Å²) in [6.07, 6.45) is 0.268. The number of ketones is 1. The van der Waals surface area contributed by atoms with Crippen molar-refractivity contribution in [2.24, 2.45) is 0 Å². The number of alkyl carbamates (subject to hydrolysis) is 1. The summed E-state index contributed by atoms with van der Waals surface area (Å²) in [6.45, 7) is 11.4. The van der Waals surface area contributed by atoms with Crippen molar-refractivity contribution in [3.05, 3.63) is 41.0 Å². The van der Waals surface area contributed by atoms with Gasteiger partial charge in [-0.2, -0.15) is 0 Å². The van der Waals surface area contributed by atoms with E-state index >= 15 is 0 Å². The molecule has 0 radical (unpaired) electrons. The molecule has 0 spiro atoms. The molecule has 1 aromatic carbocycles. The SMILES string of the molecule is CCC(C)=O.Cc1ncsc1-c1ccc(CNC(=O)OC(C)(C)C)cc1. The van der Waals surface area contributed by atoms with Gasteiger partial charge in [-0.1, -0.05) is 31.2 Å². The van der Waals surface area contributed by atoms with Crippen molar-refractivity contribution in [1.29, 1.82) is 0 Å². The first-order valence-corrected chi connectivity index (χ1v) is 9.46. The highest BCUT2D eigenvalue weighted by atomic mass is 32.1. The van der Waals surface area contributed by atoms with Crippen LogP contribution in [0.3, 0.4) is 0 Å². The van der Waals surface area contributed by atoms with Crippen molar-refractivity contribution in [3.8, 4) is 10.4 Å². The van der Waals surface area contributed by atoms with E-state index in [1.165, 1.54) is 4.88 Å². The van der Waals surface area contributed by atoms with Crippen molar-refractivity contribution in [3.63, 3.8) is 0 Å². The van der Waals surface area contributed by atoms with Gasteiger partial charge in [-0.25, -0.2) is 9.78 Å². The second kappa shape index (κ2) is 10.1. The molecule has 0 unspecified atom stereocenters. The Morgan fingerprint density at radius 3 is 2.19 bits per heavy atom. The van der Waals surface area contributed by atoms with Gasteiger partial charge in [0.15, 0.2) is 0 Å². The van der Waals surface area contributed by atoms with Crippen molar-refractivity contribution in [1.82, 2.24) is 10.3 Å². The molecule has 1 aromatic heterocycles. The van der Waals surface area contributed by atoms with Crippen LogP contribution in [0.4, 0.5) is 4.79 Å². The standard InChI is InChI=1S/C16H20N2O2S.C4H8O/c1-11-14(21-10-18-11)13-7-5-12(6-8-13)9-17-15(19)20-16(2,3)4;1-3-4(2)5/h5-8,10H,9H2,1-4H3,(H,17,19);3H2,1-2H3. The van der Waals surface area contributed by atoms with Crippen molar-refractivity contribution in [2.75, 3.05) is 0 Å². The summed E-state index contributed by atoms with van der Waals surface area (Å²) in [5.74, 6) is 0.255. The van der Waals surface area contributed by atoms with Gasteiger partial charge in [-0.05, 0) is 45.7 Å². The van der Waals surface area contributed by atoms with Gasteiger partial charge in [0.1, 0.15) is 11.4 Å². The minimum absolute atomic E-state index is 0.255. The highest BCUT2D eigenvalue weighted by Crippen LogP contribution is 2.27. The van der Waals surface area contributed by atoms with Gasteiger partial charge in [-0.15, -0.1) is 11.3 Å². The number of benzene rings is 1. The number of hydrogen-bond donors (Lipinski definition) is 1. The van der Waals surface area contributed by atoms with Crippen LogP contribution in [0, 0.1) is 6.92 Å². The number of aromatic nitrogens is 1. The van der Waals surface area contributed by atoms with Crippen molar-refractivity contribution >= 4 is 23.2 Å². The lowest BCUT2D eigenvalue weighted by Gasteiger charge is -2.19. The summed E-state index contributed by atoms with van der Waals surface area (Å²) >= 11 is 1.63. The molecule has 1 heterocycles. The number of carbonyl (C=O) groups excluding carboxylic acids is 2. The van der Waals surface area contributed by atoms with Gasteiger partial charge in [0, 0.05) is 13.0 Å². The minimum atomic E-state index is -0.475. The lowest BCUT2D eigenvalue weighted by Crippen LogP contribution is -2.32. The highest BCUT2D eigenvalue weighted by Gasteiger charge is 2.15. The Balaban J connectivity index is 0.000000597. The molecule has 0 atom stereocenters. The molecular formula is C20H28N2O3S. The van der Waals surface area contributed by atoms with Crippen LogP contribution in [0.1, 0.15) is 52.3 Å². The molecule has 142 valence electrons. The monoisotopic (exact) mass is 376 g/mol. The van der Waals surface area contributed by atoms with E-state index in [-0.39, 0.29) is 5.78 Å². The third-order valence-electron chi connectivity index (χ3n) is 3.30. The fraction of sp³-hybridized carbons (Fsp3) is 0.450. The maximum absolute atomic E-state index is 11.6. The summed E-state index contributed by atoms with van der Waals surface area (Å²) in [5.41, 5.74) is 4.60. The average Bonchev–Trinajstić information content (AvgIpc) is 2.98. The van der Waals surface area contributed by atoms with E-state index in [2.05, 4.69) is 10.3 Å². The summed E-state index contributed by atoms with van der Waals surface area (Å²) in [7, 11) is 0. The zero-order chi connectivity index (χ0) is 19.7. The van der Waals surface area contributed by atoms with Crippen LogP contribution in [0.2, 0.25) is 0 Å². The Hall–Kier alpha value is -2.21. The molecular weight excluding hydrogens is 348 g/mol. The minimum Gasteiger partial charge on any atom is -0.444 e. The first-order chi connectivity index (χ1) is 12.1. The molecule has 2 rings (SSSR count). The normalized spacial score (nSPS) is 10.5. The van der Waals surface area contributed by atoms with Gasteiger partial charge >= 0.3 is 6.09 Å². The first kappa shape index (κ1) is 21.8. The predicted octanol–water partition coefficient (Wildman–Crippen LogP) is 5.13. The Morgan fingerprint density at radius 1 is 1.19 bits per heavy atom. The molecule has 2 aromatic rings. The van der Waals surface area contributed by atoms with E-state index in [4.69, 9.17) is 4.74 Å². The van der Waals surface area contributed by atoms with Crippen LogP contribution >= 0.6 is 11.3 Å². The summed E-state index contributed by atoms with van der Waals surface area (Å²) < 4.78 is 5.20. The maximum Gasteiger partial charge on any atom is 0.407 e. The zero-order valence-corrected chi connectivity index (χ0v) is 17.2. The fourth-order valence-corrected chi connectivity index (χ4v) is 2.65. The van der Waals surface area contributed by atoms with Gasteiger partial charge in [0.25, 0.3) is 0 Å². The summed E-state index contributed by atoms with van der Waals surface area (Å²) in [5, 5.41) is 2.75. The van der Waals surface area contributed by atoms with Crippen molar-refractivity contribution in [2.45, 2.75) is 60.1 Å². The Bertz CT molecular complexity index is 715. The maximum atomic E-state index is 11.6. The van der Waals surface area contributed by atoms with E-state index < -0.39 is 11.7 Å². The number of Topliss-reactive ketones (excluding diaryl/α,β-unsaturated/α-hetero) is 1. The molecule has 1 N–H and O–H groups in total. The molecule has 26 heavy (non-hydrogen) atoms. The number of thiazole rings is 1. The number of nitrogens with one attached hydrogen (secondary N) is 1. The Morgan fingerprint density at radius 2 is 1.77 bits per heavy atom. The van der Waals surface area contributed by atoms with Gasteiger partial charge in [-0.3, -0.25) is 0 Å². The van der Waals surface area contributed by atoms with Gasteiger partial charge in [0.05, 0.1) is 16.1 Å². The molecule has 6 heteroatoms. The molecule has 0 bridgehead atoms. The van der Waals surface area contributed by atoms with Crippen LogP contribution in [-0.4, -0.2) is 22.5 Å². The van der Waals surface area contributed by atoms with Crippen LogP contribution in [-0.2, 0) is 16.1 Å². The molecule has 0 aliphatic heterocycles. The number of ether oxygens (including phenoxy) is 1. The molecule has 0 fully saturated rings. The summed E-state index contributed by atoms with van der Waals surface area (Å²) in [6, 6.07) is 8.11. The number of amides is 1. The fourth-order valence-electron chi connectivity index (χ4n) is 1.84. The average molecular weight is 377 g/mol. The number of aryl methyl sites for hydroxylation is 1. The zero-order valence-electron chi connectivity index (χ0n) is 16.4. The Kier molecular flexibility index (Phi) is 8.45. The lowest BCUT2D eigenvalue weighted by atomic mass is 10.1. The van der Waals surface area contributed by atoms with E-state index in [0.29, 0.717) is 13.0 Å². The number of hydrogen-bond acceptors (Lipinski definition) is 5. The molecule has 0 aliphatic carbocycles. The molecule has 1 amide bonds. The highest BCUT2D eigenvalue weighted by molar-refractivity contribution is 7.13. The van der Waals surface area contributed by atoms with E-state index in [9.17, 15) is 9.59 Å². The molecule has 0 aliphatic rings. The number of rotatable bonds is 4. The predicted molar refractivity (Wildman–Crippen MR) is 106 cm³/mol. The summed E-state index contributed by atoms with van der Waals surface area (Å²) in [4.78, 5) is 26.8. The van der Waals surface area contributed by atoms with E-state index in [1.807, 2.05) is 64.4 Å². The second-order valence-electron chi connectivity index (χ2n) is 6.87. The topological polar surface area (TPSA) is 68.3 Å². The van der Waals surface area contributed by atoms with Crippen LogP contribution in [0.25, 0.3) is 10.4 Å². The van der Waals surface area contributed by atoms with Crippen LogP contribution in [0.5, 0.6) is 0 Å². The molecule has 0 saturated heterocycles. The van der Waals surface area contributed by atoms with Crippen LogP contribution in [0.15, 0.2) is 29.8 Å². The van der Waals surface area contributed by atoms with E-state index in [0.717, 1.165) is 16.8 Å². The molecule has 0 saturated carbocycles.